The van der Waals surface area contributed by atoms with E-state index in [9.17, 15) is 0 Å². The van der Waals surface area contributed by atoms with Gasteiger partial charge in [-0.3, -0.25) is 0 Å². The lowest BCUT2D eigenvalue weighted by Gasteiger charge is -2.09. The average Bonchev–Trinajstić information content (AvgIpc) is 2.31. The number of hydrogen-bond donors (Lipinski definition) is 1. The number of ether oxygens (including phenoxy) is 1. The van der Waals surface area contributed by atoms with Crippen molar-refractivity contribution in [1.82, 2.24) is 0 Å². The van der Waals surface area contributed by atoms with E-state index in [4.69, 9.17) is 22.1 Å². The van der Waals surface area contributed by atoms with Gasteiger partial charge in [-0.25, -0.2) is 0 Å². The number of rotatable bonds is 3. The van der Waals surface area contributed by atoms with Crippen LogP contribution in [0, 0.1) is 0 Å². The molecule has 0 unspecified atom stereocenters. The predicted octanol–water partition coefficient (Wildman–Crippen LogP) is 4.35. The van der Waals surface area contributed by atoms with Gasteiger partial charge in [0, 0.05) is 11.0 Å². The van der Waals surface area contributed by atoms with Crippen LogP contribution in [0.15, 0.2) is 46.9 Å². The summed E-state index contributed by atoms with van der Waals surface area (Å²) in [5, 5.41) is 0.585. The summed E-state index contributed by atoms with van der Waals surface area (Å²) in [6.07, 6.45) is 0. The van der Waals surface area contributed by atoms with Gasteiger partial charge in [-0.2, -0.15) is 0 Å². The third-order valence-electron chi connectivity index (χ3n) is 2.23. The first-order valence-corrected chi connectivity index (χ1v) is 6.28. The molecule has 0 aliphatic rings. The van der Waals surface area contributed by atoms with Crippen LogP contribution >= 0.6 is 27.5 Å². The van der Waals surface area contributed by atoms with Gasteiger partial charge >= 0.3 is 0 Å². The second kappa shape index (κ2) is 5.54. The maximum absolute atomic E-state index is 6.03. The van der Waals surface area contributed by atoms with Crippen LogP contribution in [0.3, 0.4) is 0 Å². The van der Waals surface area contributed by atoms with Crippen molar-refractivity contribution in [2.24, 2.45) is 5.73 Å². The van der Waals surface area contributed by atoms with Crippen LogP contribution in [0.2, 0.25) is 5.02 Å². The maximum Gasteiger partial charge on any atom is 0.146 e. The Morgan fingerprint density at radius 1 is 1.18 bits per heavy atom. The van der Waals surface area contributed by atoms with Crippen LogP contribution in [0.5, 0.6) is 11.5 Å². The molecule has 0 fully saturated rings. The van der Waals surface area contributed by atoms with E-state index in [1.165, 1.54) is 0 Å². The molecule has 0 heterocycles. The zero-order valence-corrected chi connectivity index (χ0v) is 11.3. The highest BCUT2D eigenvalue weighted by atomic mass is 79.9. The molecule has 0 bridgehead atoms. The molecule has 0 saturated heterocycles. The number of halogens is 2. The first-order valence-electron chi connectivity index (χ1n) is 5.11. The molecule has 0 amide bonds. The summed E-state index contributed by atoms with van der Waals surface area (Å²) >= 11 is 9.44. The largest absolute Gasteiger partial charge is 0.456 e. The van der Waals surface area contributed by atoms with Gasteiger partial charge in [0.1, 0.15) is 11.5 Å². The summed E-state index contributed by atoms with van der Waals surface area (Å²) < 4.78 is 6.65. The SMILES string of the molecule is NCc1cc(Br)cc(Oc2ccccc2Cl)c1. The van der Waals surface area contributed by atoms with Gasteiger partial charge in [-0.1, -0.05) is 39.7 Å². The molecule has 2 aromatic carbocycles. The zero-order chi connectivity index (χ0) is 12.3. The Labute approximate surface area is 113 Å². The minimum atomic E-state index is 0.471. The molecular weight excluding hydrogens is 302 g/mol. The Kier molecular flexibility index (Phi) is 4.05. The van der Waals surface area contributed by atoms with Crippen molar-refractivity contribution in [3.05, 3.63) is 57.5 Å². The molecule has 2 nitrogen and oxygen atoms in total. The molecule has 88 valence electrons. The van der Waals surface area contributed by atoms with E-state index in [1.807, 2.05) is 36.4 Å². The van der Waals surface area contributed by atoms with Gasteiger partial charge in [0.2, 0.25) is 0 Å². The number of para-hydroxylation sites is 1. The van der Waals surface area contributed by atoms with Crippen LogP contribution in [-0.4, -0.2) is 0 Å². The first-order chi connectivity index (χ1) is 8.19. The molecular formula is C13H11BrClNO. The third kappa shape index (κ3) is 3.22. The summed E-state index contributed by atoms with van der Waals surface area (Å²) in [5.41, 5.74) is 6.61. The first kappa shape index (κ1) is 12.4. The lowest BCUT2D eigenvalue weighted by Crippen LogP contribution is -1.96. The van der Waals surface area contributed by atoms with Crippen molar-refractivity contribution >= 4 is 27.5 Å². The van der Waals surface area contributed by atoms with Crippen molar-refractivity contribution < 1.29 is 4.74 Å². The molecule has 0 saturated carbocycles. The fourth-order valence-corrected chi connectivity index (χ4v) is 2.15. The van der Waals surface area contributed by atoms with Gasteiger partial charge in [0.05, 0.1) is 5.02 Å². The zero-order valence-electron chi connectivity index (χ0n) is 8.99. The standard InChI is InChI=1S/C13H11BrClNO/c14-10-5-9(8-16)6-11(7-10)17-13-4-2-1-3-12(13)15/h1-7H,8,16H2. The molecule has 0 aromatic heterocycles. The van der Waals surface area contributed by atoms with E-state index in [0.29, 0.717) is 23.1 Å². The van der Waals surface area contributed by atoms with Crippen LogP contribution in [-0.2, 0) is 6.54 Å². The summed E-state index contributed by atoms with van der Waals surface area (Å²) in [6, 6.07) is 13.1. The summed E-state index contributed by atoms with van der Waals surface area (Å²) in [4.78, 5) is 0. The number of benzene rings is 2. The van der Waals surface area contributed by atoms with E-state index in [2.05, 4.69) is 15.9 Å². The second-order valence-electron chi connectivity index (χ2n) is 3.53. The van der Waals surface area contributed by atoms with Crippen LogP contribution < -0.4 is 10.5 Å². The number of nitrogens with two attached hydrogens (primary N) is 1. The van der Waals surface area contributed by atoms with Crippen molar-refractivity contribution in [1.29, 1.82) is 0 Å². The van der Waals surface area contributed by atoms with Crippen LogP contribution in [0.4, 0.5) is 0 Å². The minimum Gasteiger partial charge on any atom is -0.456 e. The predicted molar refractivity (Wildman–Crippen MR) is 73.6 cm³/mol. The lowest BCUT2D eigenvalue weighted by atomic mass is 10.2. The average molecular weight is 313 g/mol. The fraction of sp³-hybridized carbons (Fsp3) is 0.0769. The molecule has 0 atom stereocenters. The molecule has 2 rings (SSSR count). The van der Waals surface area contributed by atoms with Gasteiger partial charge in [-0.15, -0.1) is 0 Å². The smallest absolute Gasteiger partial charge is 0.146 e. The number of hydrogen-bond acceptors (Lipinski definition) is 2. The molecule has 0 aliphatic carbocycles. The quantitative estimate of drug-likeness (QED) is 0.914. The van der Waals surface area contributed by atoms with E-state index in [1.54, 1.807) is 6.07 Å². The highest BCUT2D eigenvalue weighted by Crippen LogP contribution is 2.30. The van der Waals surface area contributed by atoms with Crippen LogP contribution in [0.25, 0.3) is 0 Å². The van der Waals surface area contributed by atoms with Crippen molar-refractivity contribution in [2.45, 2.75) is 6.54 Å². The molecule has 17 heavy (non-hydrogen) atoms. The molecule has 0 radical (unpaired) electrons. The van der Waals surface area contributed by atoms with Gasteiger partial charge in [-0.05, 0) is 35.9 Å². The van der Waals surface area contributed by atoms with Gasteiger partial charge < -0.3 is 10.5 Å². The Morgan fingerprint density at radius 3 is 2.65 bits per heavy atom. The molecule has 0 spiro atoms. The monoisotopic (exact) mass is 311 g/mol. The van der Waals surface area contributed by atoms with E-state index in [0.717, 1.165) is 10.0 Å². The molecule has 2 aromatic rings. The third-order valence-corrected chi connectivity index (χ3v) is 3.00. The summed E-state index contributed by atoms with van der Waals surface area (Å²) in [5.74, 6) is 1.35. The van der Waals surface area contributed by atoms with Crippen molar-refractivity contribution in [3.8, 4) is 11.5 Å². The molecule has 0 aliphatic heterocycles. The van der Waals surface area contributed by atoms with Crippen molar-refractivity contribution in [2.75, 3.05) is 0 Å². The van der Waals surface area contributed by atoms with Crippen molar-refractivity contribution in [3.63, 3.8) is 0 Å². The van der Waals surface area contributed by atoms with E-state index in [-0.39, 0.29) is 0 Å². The highest BCUT2D eigenvalue weighted by molar-refractivity contribution is 9.10. The Hall–Kier alpha value is -1.03. The maximum atomic E-state index is 6.03. The van der Waals surface area contributed by atoms with E-state index < -0.39 is 0 Å². The Morgan fingerprint density at radius 2 is 1.94 bits per heavy atom. The second-order valence-corrected chi connectivity index (χ2v) is 4.85. The Bertz CT molecular complexity index is 531. The van der Waals surface area contributed by atoms with Gasteiger partial charge in [0.25, 0.3) is 0 Å². The van der Waals surface area contributed by atoms with Crippen LogP contribution in [0.1, 0.15) is 5.56 Å². The summed E-state index contributed by atoms with van der Waals surface area (Å²) in [7, 11) is 0. The molecule has 2 N–H and O–H groups in total. The lowest BCUT2D eigenvalue weighted by molar-refractivity contribution is 0.482. The Balaban J connectivity index is 2.30. The topological polar surface area (TPSA) is 35.2 Å². The van der Waals surface area contributed by atoms with Gasteiger partial charge in [0.15, 0.2) is 0 Å². The fourth-order valence-electron chi connectivity index (χ4n) is 1.45. The normalized spacial score (nSPS) is 10.3. The minimum absolute atomic E-state index is 0.471. The summed E-state index contributed by atoms with van der Waals surface area (Å²) in [6.45, 7) is 0.471. The molecule has 4 heteroatoms. The van der Waals surface area contributed by atoms with E-state index >= 15 is 0 Å². The highest BCUT2D eigenvalue weighted by Gasteiger charge is 2.04.